The number of piperidine rings is 1. The molecule has 0 aliphatic carbocycles. The molecule has 2 N–H and O–H groups in total. The average Bonchev–Trinajstić information content (AvgIpc) is 2.21. The summed E-state index contributed by atoms with van der Waals surface area (Å²) >= 11 is 0. The van der Waals surface area contributed by atoms with Crippen molar-refractivity contribution in [1.29, 1.82) is 0 Å². The fourth-order valence-electron chi connectivity index (χ4n) is 1.88. The topological polar surface area (TPSA) is 69.6 Å². The first-order valence-corrected chi connectivity index (χ1v) is 7.83. The molecular formula is C11H24N2O3S. The molecule has 1 fully saturated rings. The zero-order chi connectivity index (χ0) is 13.1. The van der Waals surface area contributed by atoms with E-state index in [0.29, 0.717) is 13.1 Å². The van der Waals surface area contributed by atoms with E-state index in [1.165, 1.54) is 4.31 Å². The van der Waals surface area contributed by atoms with Crippen LogP contribution in [0.15, 0.2) is 0 Å². The van der Waals surface area contributed by atoms with Gasteiger partial charge >= 0.3 is 0 Å². The van der Waals surface area contributed by atoms with Crippen molar-refractivity contribution in [3.05, 3.63) is 0 Å². The monoisotopic (exact) mass is 264 g/mol. The van der Waals surface area contributed by atoms with E-state index in [1.54, 1.807) is 0 Å². The van der Waals surface area contributed by atoms with Crippen LogP contribution in [0.3, 0.4) is 0 Å². The molecule has 0 spiro atoms. The second-order valence-electron chi connectivity index (χ2n) is 5.12. The number of aliphatic hydroxyl groups excluding tert-OH is 1. The summed E-state index contributed by atoms with van der Waals surface area (Å²) in [7, 11) is -3.22. The molecule has 0 radical (unpaired) electrons. The molecule has 0 aromatic rings. The molecule has 1 saturated heterocycles. The third-order valence-electron chi connectivity index (χ3n) is 3.19. The van der Waals surface area contributed by atoms with Crippen LogP contribution in [-0.2, 0) is 10.0 Å². The molecule has 0 aromatic heterocycles. The van der Waals surface area contributed by atoms with Gasteiger partial charge in [-0.2, -0.15) is 4.31 Å². The van der Waals surface area contributed by atoms with Crippen molar-refractivity contribution in [3.8, 4) is 0 Å². The minimum Gasteiger partial charge on any atom is -0.391 e. The summed E-state index contributed by atoms with van der Waals surface area (Å²) in [4.78, 5) is 0. The fraction of sp³-hybridized carbons (Fsp3) is 1.00. The number of hydrogen-bond acceptors (Lipinski definition) is 4. The van der Waals surface area contributed by atoms with E-state index in [4.69, 9.17) is 0 Å². The van der Waals surface area contributed by atoms with E-state index in [-0.39, 0.29) is 24.3 Å². The summed E-state index contributed by atoms with van der Waals surface area (Å²) in [6, 6.07) is 0.289. The fourth-order valence-corrected chi connectivity index (χ4v) is 3.28. The zero-order valence-electron chi connectivity index (χ0n) is 10.9. The van der Waals surface area contributed by atoms with Gasteiger partial charge in [0.25, 0.3) is 0 Å². The van der Waals surface area contributed by atoms with E-state index in [0.717, 1.165) is 6.42 Å². The number of sulfonamides is 1. The summed E-state index contributed by atoms with van der Waals surface area (Å²) in [5.41, 5.74) is 0. The van der Waals surface area contributed by atoms with Gasteiger partial charge < -0.3 is 10.4 Å². The Kier molecular flexibility index (Phi) is 5.37. The van der Waals surface area contributed by atoms with Crippen LogP contribution >= 0.6 is 0 Å². The van der Waals surface area contributed by atoms with Crippen molar-refractivity contribution in [3.63, 3.8) is 0 Å². The Morgan fingerprint density at radius 2 is 2.12 bits per heavy atom. The highest BCUT2D eigenvalue weighted by molar-refractivity contribution is 7.89. The van der Waals surface area contributed by atoms with Gasteiger partial charge in [0.05, 0.1) is 11.9 Å². The van der Waals surface area contributed by atoms with E-state index >= 15 is 0 Å². The second-order valence-corrected chi connectivity index (χ2v) is 7.20. The number of rotatable bonds is 5. The molecule has 2 unspecified atom stereocenters. The molecule has 2 atom stereocenters. The van der Waals surface area contributed by atoms with E-state index in [1.807, 2.05) is 20.8 Å². The van der Waals surface area contributed by atoms with Gasteiger partial charge in [-0.15, -0.1) is 0 Å². The summed E-state index contributed by atoms with van der Waals surface area (Å²) in [6.45, 7) is 7.16. The molecule has 1 aliphatic heterocycles. The maximum absolute atomic E-state index is 12.0. The Morgan fingerprint density at radius 3 is 2.65 bits per heavy atom. The predicted molar refractivity (Wildman–Crippen MR) is 68.3 cm³/mol. The van der Waals surface area contributed by atoms with Gasteiger partial charge in [0.2, 0.25) is 10.0 Å². The van der Waals surface area contributed by atoms with Gasteiger partial charge in [-0.1, -0.05) is 20.8 Å². The smallest absolute Gasteiger partial charge is 0.215 e. The molecule has 0 aromatic carbocycles. The number of hydrogen-bond donors (Lipinski definition) is 2. The van der Waals surface area contributed by atoms with Crippen LogP contribution in [0.5, 0.6) is 0 Å². The molecule has 6 heteroatoms. The lowest BCUT2D eigenvalue weighted by Gasteiger charge is -2.33. The van der Waals surface area contributed by atoms with E-state index in [9.17, 15) is 13.5 Å². The van der Waals surface area contributed by atoms with Gasteiger partial charge in [-0.05, 0) is 12.3 Å². The third kappa shape index (κ3) is 4.54. The van der Waals surface area contributed by atoms with Gasteiger partial charge in [0, 0.05) is 25.7 Å². The highest BCUT2D eigenvalue weighted by atomic mass is 32.2. The highest BCUT2D eigenvalue weighted by Crippen LogP contribution is 2.19. The largest absolute Gasteiger partial charge is 0.391 e. The molecule has 1 rings (SSSR count). The Morgan fingerprint density at radius 1 is 1.47 bits per heavy atom. The molecule has 102 valence electrons. The standard InChI is InChI=1S/C11H24N2O3S/c1-9(2)12-5-7-17(15,16)13-6-4-10(3)11(14)8-13/h9-12,14H,4-8H2,1-3H3. The van der Waals surface area contributed by atoms with Crippen molar-refractivity contribution in [2.24, 2.45) is 5.92 Å². The highest BCUT2D eigenvalue weighted by Gasteiger charge is 2.31. The molecule has 1 aliphatic rings. The molecule has 5 nitrogen and oxygen atoms in total. The minimum atomic E-state index is -3.22. The number of nitrogens with zero attached hydrogens (tertiary/aromatic N) is 1. The minimum absolute atomic E-state index is 0.103. The number of β-amino-alcohol motifs (C(OH)–C–C–N with tert-alkyl or cyclic N) is 1. The maximum atomic E-state index is 12.0. The number of aliphatic hydroxyl groups is 1. The quantitative estimate of drug-likeness (QED) is 0.734. The van der Waals surface area contributed by atoms with Crippen LogP contribution < -0.4 is 5.32 Å². The molecular weight excluding hydrogens is 240 g/mol. The Bertz CT molecular complexity index is 330. The van der Waals surface area contributed by atoms with Crippen molar-refractivity contribution >= 4 is 10.0 Å². The lowest BCUT2D eigenvalue weighted by Crippen LogP contribution is -2.47. The SMILES string of the molecule is CC(C)NCCS(=O)(=O)N1CCC(C)C(O)C1. The molecule has 1 heterocycles. The first kappa shape index (κ1) is 14.9. The van der Waals surface area contributed by atoms with E-state index < -0.39 is 16.1 Å². The number of nitrogens with one attached hydrogen (secondary N) is 1. The van der Waals surface area contributed by atoms with Crippen LogP contribution in [-0.4, -0.2) is 55.4 Å². The van der Waals surface area contributed by atoms with Crippen LogP contribution in [0.2, 0.25) is 0 Å². The first-order valence-electron chi connectivity index (χ1n) is 6.22. The van der Waals surface area contributed by atoms with Crippen molar-refractivity contribution in [2.45, 2.75) is 39.3 Å². The maximum Gasteiger partial charge on any atom is 0.215 e. The predicted octanol–water partition coefficient (Wildman–Crippen LogP) is 0.0169. The van der Waals surface area contributed by atoms with Gasteiger partial charge in [-0.25, -0.2) is 8.42 Å². The first-order chi connectivity index (χ1) is 7.83. The average molecular weight is 264 g/mol. The summed E-state index contributed by atoms with van der Waals surface area (Å²) in [5.74, 6) is 0.293. The zero-order valence-corrected chi connectivity index (χ0v) is 11.7. The van der Waals surface area contributed by atoms with Crippen LogP contribution in [0, 0.1) is 5.92 Å². The van der Waals surface area contributed by atoms with Crippen molar-refractivity contribution < 1.29 is 13.5 Å². The van der Waals surface area contributed by atoms with Gasteiger partial charge in [-0.3, -0.25) is 0 Å². The van der Waals surface area contributed by atoms with Crippen molar-refractivity contribution in [2.75, 3.05) is 25.4 Å². The Labute approximate surface area is 104 Å². The van der Waals surface area contributed by atoms with Crippen LogP contribution in [0.4, 0.5) is 0 Å². The normalized spacial score (nSPS) is 27.6. The third-order valence-corrected chi connectivity index (χ3v) is 5.03. The molecule has 0 bridgehead atoms. The van der Waals surface area contributed by atoms with E-state index in [2.05, 4.69) is 5.32 Å². The van der Waals surface area contributed by atoms with Gasteiger partial charge in [0.15, 0.2) is 0 Å². The van der Waals surface area contributed by atoms with Crippen LogP contribution in [0.25, 0.3) is 0 Å². The Balaban J connectivity index is 2.47. The summed E-state index contributed by atoms with van der Waals surface area (Å²) in [5, 5.41) is 12.8. The lowest BCUT2D eigenvalue weighted by atomic mass is 9.98. The van der Waals surface area contributed by atoms with Crippen LogP contribution in [0.1, 0.15) is 27.2 Å². The second kappa shape index (κ2) is 6.13. The lowest BCUT2D eigenvalue weighted by molar-refractivity contribution is 0.0605. The molecule has 17 heavy (non-hydrogen) atoms. The molecule has 0 saturated carbocycles. The Hall–Kier alpha value is -0.170. The van der Waals surface area contributed by atoms with Gasteiger partial charge in [0.1, 0.15) is 0 Å². The van der Waals surface area contributed by atoms with Crippen molar-refractivity contribution in [1.82, 2.24) is 9.62 Å². The summed E-state index contributed by atoms with van der Waals surface area (Å²) in [6.07, 6.45) is 0.203. The molecule has 0 amide bonds. The summed E-state index contributed by atoms with van der Waals surface area (Å²) < 4.78 is 25.4.